The third-order valence-corrected chi connectivity index (χ3v) is 5.15. The van der Waals surface area contributed by atoms with Crippen LogP contribution < -0.4 is 10.5 Å². The Kier molecular flexibility index (Phi) is 5.15. The van der Waals surface area contributed by atoms with Crippen LogP contribution in [0.2, 0.25) is 0 Å². The van der Waals surface area contributed by atoms with E-state index >= 15 is 0 Å². The number of benzene rings is 1. The highest BCUT2D eigenvalue weighted by Gasteiger charge is 2.42. The van der Waals surface area contributed by atoms with Gasteiger partial charge in [-0.25, -0.2) is 9.79 Å². The van der Waals surface area contributed by atoms with E-state index in [1.54, 1.807) is 32.8 Å². The fourth-order valence-corrected chi connectivity index (χ4v) is 3.90. The topological polar surface area (TPSA) is 101 Å². The molecule has 3 rings (SSSR count). The molecule has 1 atom stereocenters. The molecular formula is C19H20N4O3S. The molecule has 7 nitrogen and oxygen atoms in total. The Bertz CT molecular complexity index is 910. The zero-order valence-electron chi connectivity index (χ0n) is 15.5. The quantitative estimate of drug-likeness (QED) is 0.796. The molecule has 2 aliphatic heterocycles. The van der Waals surface area contributed by atoms with Gasteiger partial charge in [0.15, 0.2) is 5.17 Å². The van der Waals surface area contributed by atoms with Gasteiger partial charge in [-0.15, -0.1) is 0 Å². The number of hydrogen-bond acceptors (Lipinski definition) is 8. The van der Waals surface area contributed by atoms with Gasteiger partial charge in [-0.3, -0.25) is 4.90 Å². The summed E-state index contributed by atoms with van der Waals surface area (Å²) in [4.78, 5) is 19.4. The number of nitriles is 1. The summed E-state index contributed by atoms with van der Waals surface area (Å²) < 4.78 is 10.7. The molecule has 0 saturated heterocycles. The van der Waals surface area contributed by atoms with Gasteiger partial charge in [0, 0.05) is 0 Å². The zero-order valence-corrected chi connectivity index (χ0v) is 16.3. The van der Waals surface area contributed by atoms with Gasteiger partial charge in [0.05, 0.1) is 30.5 Å². The van der Waals surface area contributed by atoms with Crippen LogP contribution in [0.3, 0.4) is 0 Å². The van der Waals surface area contributed by atoms with Crippen LogP contribution in [0.15, 0.2) is 51.3 Å². The van der Waals surface area contributed by atoms with Crippen molar-refractivity contribution >= 4 is 22.9 Å². The van der Waals surface area contributed by atoms with Crippen LogP contribution in [-0.2, 0) is 9.53 Å². The SMILES string of the molecule is COc1ccc([C@H]2C(C(=O)OC(C)C)=C(C)N=C3SC(C#N)=C(N)N32)cc1. The van der Waals surface area contributed by atoms with E-state index in [9.17, 15) is 10.1 Å². The molecule has 0 amide bonds. The number of nitrogens with two attached hydrogens (primary N) is 1. The smallest absolute Gasteiger partial charge is 0.338 e. The number of ether oxygens (including phenoxy) is 2. The first kappa shape index (κ1) is 18.9. The average molecular weight is 384 g/mol. The maximum atomic E-state index is 12.8. The Morgan fingerprint density at radius 2 is 2.04 bits per heavy atom. The standard InChI is InChI=1S/C19H20N4O3S/c1-10(2)26-18(24)15-11(3)22-19-23(17(21)14(9-20)27-19)16(15)12-5-7-13(25-4)8-6-12/h5-8,10,16H,21H2,1-4H3/t16-/m0/s1. The largest absolute Gasteiger partial charge is 0.497 e. The van der Waals surface area contributed by atoms with Gasteiger partial charge in [-0.05, 0) is 50.2 Å². The Balaban J connectivity index is 2.14. The minimum absolute atomic E-state index is 0.268. The van der Waals surface area contributed by atoms with E-state index in [1.165, 1.54) is 11.8 Å². The molecule has 1 aromatic carbocycles. The van der Waals surface area contributed by atoms with Crippen LogP contribution in [-0.4, -0.2) is 29.3 Å². The van der Waals surface area contributed by atoms with Crippen LogP contribution in [0.5, 0.6) is 5.75 Å². The van der Waals surface area contributed by atoms with E-state index in [-0.39, 0.29) is 11.9 Å². The molecule has 0 bridgehead atoms. The van der Waals surface area contributed by atoms with Crippen molar-refractivity contribution in [3.8, 4) is 11.8 Å². The fraction of sp³-hybridized carbons (Fsp3) is 0.316. The molecule has 27 heavy (non-hydrogen) atoms. The number of allylic oxidation sites excluding steroid dienone is 2. The highest BCUT2D eigenvalue weighted by molar-refractivity contribution is 8.17. The van der Waals surface area contributed by atoms with E-state index in [1.807, 2.05) is 24.3 Å². The van der Waals surface area contributed by atoms with Gasteiger partial charge in [-0.2, -0.15) is 5.26 Å². The first-order valence-electron chi connectivity index (χ1n) is 8.38. The number of esters is 1. The van der Waals surface area contributed by atoms with Crippen molar-refractivity contribution in [1.82, 2.24) is 4.90 Å². The van der Waals surface area contributed by atoms with Gasteiger partial charge in [0.2, 0.25) is 0 Å². The molecule has 0 aromatic heterocycles. The summed E-state index contributed by atoms with van der Waals surface area (Å²) >= 11 is 1.20. The molecule has 0 fully saturated rings. The Morgan fingerprint density at radius 3 is 2.59 bits per heavy atom. The Morgan fingerprint density at radius 1 is 1.37 bits per heavy atom. The van der Waals surface area contributed by atoms with Gasteiger partial charge in [-0.1, -0.05) is 12.1 Å². The van der Waals surface area contributed by atoms with Crippen LogP contribution in [0.4, 0.5) is 0 Å². The highest BCUT2D eigenvalue weighted by Crippen LogP contribution is 2.45. The van der Waals surface area contributed by atoms with E-state index in [0.29, 0.717) is 27.1 Å². The summed E-state index contributed by atoms with van der Waals surface area (Å²) in [7, 11) is 1.59. The number of carbonyl (C=O) groups is 1. The number of methoxy groups -OCH3 is 1. The molecule has 0 radical (unpaired) electrons. The summed E-state index contributed by atoms with van der Waals surface area (Å²) in [6.45, 7) is 5.35. The summed E-state index contributed by atoms with van der Waals surface area (Å²) in [6, 6.07) is 8.92. The molecular weight excluding hydrogens is 364 g/mol. The van der Waals surface area contributed by atoms with E-state index < -0.39 is 12.0 Å². The molecule has 2 heterocycles. The predicted molar refractivity (Wildman–Crippen MR) is 103 cm³/mol. The van der Waals surface area contributed by atoms with Gasteiger partial charge < -0.3 is 15.2 Å². The number of fused-ring (bicyclic) bond motifs is 1. The number of nitrogens with zero attached hydrogens (tertiary/aromatic N) is 3. The van der Waals surface area contributed by atoms with E-state index in [4.69, 9.17) is 15.2 Å². The Hall–Kier alpha value is -2.92. The maximum absolute atomic E-state index is 12.8. The number of amidine groups is 1. The fourth-order valence-electron chi connectivity index (χ4n) is 2.98. The van der Waals surface area contributed by atoms with E-state index in [0.717, 1.165) is 5.56 Å². The number of aliphatic imine (C=N–C) groups is 1. The molecule has 8 heteroatoms. The normalized spacial score (nSPS) is 19.0. The predicted octanol–water partition coefficient (Wildman–Crippen LogP) is 3.03. The second-order valence-corrected chi connectivity index (χ2v) is 7.30. The van der Waals surface area contributed by atoms with Crippen molar-refractivity contribution in [3.63, 3.8) is 0 Å². The summed E-state index contributed by atoms with van der Waals surface area (Å²) in [6.07, 6.45) is -0.268. The molecule has 0 saturated carbocycles. The third-order valence-electron chi connectivity index (χ3n) is 4.17. The summed E-state index contributed by atoms with van der Waals surface area (Å²) in [5.74, 6) is 0.534. The molecule has 0 unspecified atom stereocenters. The third kappa shape index (κ3) is 3.38. The minimum atomic E-state index is -0.534. The first-order chi connectivity index (χ1) is 12.9. The second kappa shape index (κ2) is 7.37. The van der Waals surface area contributed by atoms with Crippen molar-refractivity contribution in [1.29, 1.82) is 5.26 Å². The molecule has 1 aromatic rings. The van der Waals surface area contributed by atoms with Gasteiger partial charge >= 0.3 is 5.97 Å². The molecule has 2 N–H and O–H groups in total. The maximum Gasteiger partial charge on any atom is 0.338 e. The lowest BCUT2D eigenvalue weighted by atomic mass is 9.94. The average Bonchev–Trinajstić information content (AvgIpc) is 2.95. The molecule has 0 aliphatic carbocycles. The monoisotopic (exact) mass is 384 g/mol. The Labute approximate surface area is 162 Å². The van der Waals surface area contributed by atoms with Crippen molar-refractivity contribution in [2.45, 2.75) is 32.9 Å². The molecule has 140 valence electrons. The lowest BCUT2D eigenvalue weighted by molar-refractivity contribution is -0.143. The first-order valence-corrected chi connectivity index (χ1v) is 9.20. The lowest BCUT2D eigenvalue weighted by Crippen LogP contribution is -2.39. The van der Waals surface area contributed by atoms with Crippen LogP contribution in [0, 0.1) is 11.3 Å². The minimum Gasteiger partial charge on any atom is -0.497 e. The lowest BCUT2D eigenvalue weighted by Gasteiger charge is -2.35. The number of hydrogen-bond donors (Lipinski definition) is 1. The molecule has 2 aliphatic rings. The highest BCUT2D eigenvalue weighted by atomic mass is 32.2. The zero-order chi connectivity index (χ0) is 19.7. The number of rotatable bonds is 4. The van der Waals surface area contributed by atoms with Crippen LogP contribution in [0.1, 0.15) is 32.4 Å². The van der Waals surface area contributed by atoms with Crippen molar-refractivity contribution in [2.24, 2.45) is 10.7 Å². The van der Waals surface area contributed by atoms with Crippen LogP contribution >= 0.6 is 11.8 Å². The number of carbonyl (C=O) groups excluding carboxylic acids is 1. The van der Waals surface area contributed by atoms with Crippen molar-refractivity contribution in [3.05, 3.63) is 51.8 Å². The van der Waals surface area contributed by atoms with Gasteiger partial charge in [0.25, 0.3) is 0 Å². The number of thioether (sulfide) groups is 1. The summed E-state index contributed by atoms with van der Waals surface area (Å²) in [5, 5.41) is 9.93. The second-order valence-electron chi connectivity index (χ2n) is 6.32. The van der Waals surface area contributed by atoms with Gasteiger partial charge in [0.1, 0.15) is 22.5 Å². The van der Waals surface area contributed by atoms with Crippen molar-refractivity contribution < 1.29 is 14.3 Å². The van der Waals surface area contributed by atoms with E-state index in [2.05, 4.69) is 11.1 Å². The van der Waals surface area contributed by atoms with Crippen LogP contribution in [0.25, 0.3) is 0 Å². The summed E-state index contributed by atoms with van der Waals surface area (Å²) in [5.41, 5.74) is 7.99. The molecule has 0 spiro atoms. The van der Waals surface area contributed by atoms with Crippen molar-refractivity contribution in [2.75, 3.05) is 7.11 Å².